The molecule has 5 heteroatoms. The number of carbonyl (C=O) groups is 1. The van der Waals surface area contributed by atoms with Crippen molar-refractivity contribution in [2.75, 3.05) is 19.6 Å². The monoisotopic (exact) mass is 409 g/mol. The topological polar surface area (TPSA) is 58.4 Å². The molecule has 0 radical (unpaired) electrons. The number of fused-ring (bicyclic) bond motifs is 1. The van der Waals surface area contributed by atoms with E-state index in [0.29, 0.717) is 6.54 Å². The van der Waals surface area contributed by atoms with Gasteiger partial charge in [-0.1, -0.05) is 66.7 Å². The van der Waals surface area contributed by atoms with Crippen LogP contribution in [-0.2, 0) is 4.79 Å². The minimum atomic E-state index is -0.0293. The van der Waals surface area contributed by atoms with E-state index in [1.165, 1.54) is 16.3 Å². The second-order valence-corrected chi connectivity index (χ2v) is 7.77. The molecular formula is C24H28ClN3O. The normalized spacial score (nSPS) is 20.2. The van der Waals surface area contributed by atoms with Gasteiger partial charge in [-0.25, -0.2) is 0 Å². The summed E-state index contributed by atoms with van der Waals surface area (Å²) >= 11 is 0. The number of likely N-dealkylation sites (tertiary alicyclic amines) is 1. The minimum Gasteiger partial charge on any atom is -0.348 e. The average Bonchev–Trinajstić information content (AvgIpc) is 3.08. The first-order valence-corrected chi connectivity index (χ1v) is 9.91. The van der Waals surface area contributed by atoms with Gasteiger partial charge in [-0.15, -0.1) is 12.4 Å². The second-order valence-electron chi connectivity index (χ2n) is 7.77. The predicted octanol–water partition coefficient (Wildman–Crippen LogP) is 3.87. The Balaban J connectivity index is 0.00000240. The molecule has 1 amide bonds. The van der Waals surface area contributed by atoms with Gasteiger partial charge >= 0.3 is 0 Å². The number of hydrogen-bond donors (Lipinski definition) is 2. The summed E-state index contributed by atoms with van der Waals surface area (Å²) in [7, 11) is 0. The standard InChI is InChI=1S/C24H27N3O.ClH/c1-17(20-12-11-18-7-5-6-10-21(18)13-20)26-24(28)16-27-14-22(23(25)15-27)19-8-3-2-4-9-19;/h2-13,17,22-23H,14-16,25H2,1H3,(H,26,28);1H/t17?,22-,23+;/m0./s1. The molecule has 1 heterocycles. The van der Waals surface area contributed by atoms with E-state index in [-0.39, 0.29) is 36.3 Å². The van der Waals surface area contributed by atoms with Crippen LogP contribution < -0.4 is 11.1 Å². The molecule has 152 valence electrons. The Hall–Kier alpha value is -2.40. The highest BCUT2D eigenvalue weighted by Crippen LogP contribution is 2.26. The lowest BCUT2D eigenvalue weighted by atomic mass is 9.95. The number of hydrogen-bond acceptors (Lipinski definition) is 3. The Labute approximate surface area is 178 Å². The number of amides is 1. The van der Waals surface area contributed by atoms with Crippen molar-refractivity contribution in [3.63, 3.8) is 0 Å². The lowest BCUT2D eigenvalue weighted by molar-refractivity contribution is -0.122. The fourth-order valence-electron chi connectivity index (χ4n) is 4.15. The number of nitrogens with one attached hydrogen (secondary N) is 1. The Morgan fingerprint density at radius 2 is 1.72 bits per heavy atom. The molecule has 0 bridgehead atoms. The first-order chi connectivity index (χ1) is 13.6. The largest absolute Gasteiger partial charge is 0.348 e. The molecule has 1 fully saturated rings. The highest BCUT2D eigenvalue weighted by Gasteiger charge is 2.32. The number of nitrogens with zero attached hydrogens (tertiary/aromatic N) is 1. The third-order valence-electron chi connectivity index (χ3n) is 5.69. The van der Waals surface area contributed by atoms with Crippen molar-refractivity contribution in [2.24, 2.45) is 5.73 Å². The Bertz CT molecular complexity index is 963. The predicted molar refractivity (Wildman–Crippen MR) is 121 cm³/mol. The van der Waals surface area contributed by atoms with Crippen LogP contribution >= 0.6 is 12.4 Å². The summed E-state index contributed by atoms with van der Waals surface area (Å²) in [5.41, 5.74) is 8.72. The Morgan fingerprint density at radius 3 is 2.48 bits per heavy atom. The third kappa shape index (κ3) is 4.96. The lowest BCUT2D eigenvalue weighted by Gasteiger charge is -2.19. The zero-order chi connectivity index (χ0) is 19.5. The van der Waals surface area contributed by atoms with Crippen LogP contribution in [0.5, 0.6) is 0 Å². The van der Waals surface area contributed by atoms with E-state index in [4.69, 9.17) is 5.73 Å². The summed E-state index contributed by atoms with van der Waals surface area (Å²) in [4.78, 5) is 14.8. The van der Waals surface area contributed by atoms with Crippen molar-refractivity contribution in [1.29, 1.82) is 0 Å². The molecule has 0 spiro atoms. The van der Waals surface area contributed by atoms with Crippen molar-refractivity contribution in [1.82, 2.24) is 10.2 Å². The quantitative estimate of drug-likeness (QED) is 0.672. The highest BCUT2D eigenvalue weighted by molar-refractivity contribution is 5.85. The maximum Gasteiger partial charge on any atom is 0.234 e. The zero-order valence-corrected chi connectivity index (χ0v) is 17.4. The summed E-state index contributed by atoms with van der Waals surface area (Å²) in [6.45, 7) is 3.99. The van der Waals surface area contributed by atoms with Gasteiger partial charge in [0.05, 0.1) is 12.6 Å². The summed E-state index contributed by atoms with van der Waals surface area (Å²) < 4.78 is 0. The van der Waals surface area contributed by atoms with Crippen LogP contribution in [0.1, 0.15) is 30.0 Å². The van der Waals surface area contributed by atoms with E-state index in [1.807, 2.05) is 37.3 Å². The van der Waals surface area contributed by atoms with Gasteiger partial charge in [0.25, 0.3) is 0 Å². The molecule has 3 aromatic carbocycles. The van der Waals surface area contributed by atoms with Crippen LogP contribution in [0.4, 0.5) is 0 Å². The number of carbonyl (C=O) groups excluding carboxylic acids is 1. The molecule has 3 N–H and O–H groups in total. The third-order valence-corrected chi connectivity index (χ3v) is 5.69. The van der Waals surface area contributed by atoms with Crippen molar-refractivity contribution in [2.45, 2.75) is 24.9 Å². The van der Waals surface area contributed by atoms with E-state index < -0.39 is 0 Å². The van der Waals surface area contributed by atoms with E-state index >= 15 is 0 Å². The van der Waals surface area contributed by atoms with E-state index in [1.54, 1.807) is 0 Å². The smallest absolute Gasteiger partial charge is 0.234 e. The lowest BCUT2D eigenvalue weighted by Crippen LogP contribution is -2.38. The summed E-state index contributed by atoms with van der Waals surface area (Å²) in [6, 6.07) is 25.0. The molecule has 0 saturated carbocycles. The van der Waals surface area contributed by atoms with Gasteiger partial charge in [0, 0.05) is 25.0 Å². The number of rotatable bonds is 5. The molecule has 29 heavy (non-hydrogen) atoms. The first kappa shape index (κ1) is 21.3. The molecule has 1 saturated heterocycles. The van der Waals surface area contributed by atoms with Crippen LogP contribution in [-0.4, -0.2) is 36.5 Å². The second kappa shape index (κ2) is 9.40. The molecule has 3 atom stereocenters. The summed E-state index contributed by atoms with van der Waals surface area (Å²) in [6.07, 6.45) is 0. The summed E-state index contributed by atoms with van der Waals surface area (Å²) in [5, 5.41) is 5.54. The molecule has 1 aliphatic heterocycles. The highest BCUT2D eigenvalue weighted by atomic mass is 35.5. The van der Waals surface area contributed by atoms with E-state index in [0.717, 1.165) is 18.7 Å². The van der Waals surface area contributed by atoms with Crippen LogP contribution in [0, 0.1) is 0 Å². The molecule has 0 aromatic heterocycles. The first-order valence-electron chi connectivity index (χ1n) is 9.91. The minimum absolute atomic E-state index is 0. The van der Waals surface area contributed by atoms with Gasteiger partial charge in [0.15, 0.2) is 0 Å². The van der Waals surface area contributed by atoms with Crippen LogP contribution in [0.2, 0.25) is 0 Å². The van der Waals surface area contributed by atoms with Gasteiger partial charge in [-0.3, -0.25) is 9.69 Å². The Kier molecular flexibility index (Phi) is 6.91. The van der Waals surface area contributed by atoms with Gasteiger partial charge in [0.2, 0.25) is 5.91 Å². The Morgan fingerprint density at radius 1 is 1.03 bits per heavy atom. The fourth-order valence-corrected chi connectivity index (χ4v) is 4.15. The fraction of sp³-hybridized carbons (Fsp3) is 0.292. The molecule has 4 nitrogen and oxygen atoms in total. The number of nitrogens with two attached hydrogens (primary N) is 1. The van der Waals surface area contributed by atoms with E-state index in [2.05, 4.69) is 52.7 Å². The molecule has 0 aliphatic carbocycles. The molecule has 1 unspecified atom stereocenters. The van der Waals surface area contributed by atoms with Crippen LogP contribution in [0.3, 0.4) is 0 Å². The number of halogens is 1. The SMILES string of the molecule is CC(NC(=O)CN1C[C@@H](N)[C@H](c2ccccc2)C1)c1ccc2ccccc2c1.Cl. The van der Waals surface area contributed by atoms with Crippen molar-refractivity contribution >= 4 is 29.1 Å². The molecule has 3 aromatic rings. The maximum atomic E-state index is 12.6. The summed E-state index contributed by atoms with van der Waals surface area (Å²) in [5.74, 6) is 0.327. The van der Waals surface area contributed by atoms with Crippen LogP contribution in [0.15, 0.2) is 72.8 Å². The molecular weight excluding hydrogens is 382 g/mol. The molecule has 4 rings (SSSR count). The van der Waals surface area contributed by atoms with Gasteiger partial charge in [0.1, 0.15) is 0 Å². The van der Waals surface area contributed by atoms with Crippen molar-refractivity contribution in [3.05, 3.63) is 83.9 Å². The number of benzene rings is 3. The molecule has 1 aliphatic rings. The van der Waals surface area contributed by atoms with Gasteiger partial charge in [-0.05, 0) is 34.9 Å². The zero-order valence-electron chi connectivity index (χ0n) is 16.6. The average molecular weight is 410 g/mol. The van der Waals surface area contributed by atoms with Crippen LogP contribution in [0.25, 0.3) is 10.8 Å². The van der Waals surface area contributed by atoms with Crippen molar-refractivity contribution < 1.29 is 4.79 Å². The van der Waals surface area contributed by atoms with Gasteiger partial charge < -0.3 is 11.1 Å². The van der Waals surface area contributed by atoms with E-state index in [9.17, 15) is 4.79 Å². The maximum absolute atomic E-state index is 12.6. The van der Waals surface area contributed by atoms with Gasteiger partial charge in [-0.2, -0.15) is 0 Å². The van der Waals surface area contributed by atoms with Crippen molar-refractivity contribution in [3.8, 4) is 0 Å².